The van der Waals surface area contributed by atoms with Crippen LogP contribution >= 0.6 is 0 Å². The number of nitrogens with zero attached hydrogens (tertiary/aromatic N) is 1. The van der Waals surface area contributed by atoms with Crippen LogP contribution in [-0.4, -0.2) is 23.1 Å². The van der Waals surface area contributed by atoms with E-state index >= 15 is 0 Å². The minimum atomic E-state index is -0.474. The molecule has 4 heteroatoms. The maximum Gasteiger partial charge on any atom is 0.410 e. The van der Waals surface area contributed by atoms with Crippen LogP contribution in [0.5, 0.6) is 0 Å². The molecule has 4 nitrogen and oxygen atoms in total. The van der Waals surface area contributed by atoms with Crippen LogP contribution in [0, 0.1) is 0 Å². The molecule has 1 aromatic carbocycles. The molecule has 0 unspecified atom stereocenters. The van der Waals surface area contributed by atoms with Gasteiger partial charge in [0.05, 0.1) is 6.26 Å². The van der Waals surface area contributed by atoms with Gasteiger partial charge in [0.2, 0.25) is 0 Å². The maximum atomic E-state index is 12.3. The molecule has 1 aromatic heterocycles. The third-order valence-corrected chi connectivity index (χ3v) is 3.71. The van der Waals surface area contributed by atoms with Crippen LogP contribution in [0.3, 0.4) is 0 Å². The molecule has 1 aliphatic heterocycles. The summed E-state index contributed by atoms with van der Waals surface area (Å²) in [4.78, 5) is 14.1. The maximum absolute atomic E-state index is 12.3. The first-order valence-corrected chi connectivity index (χ1v) is 7.56. The zero-order valence-corrected chi connectivity index (χ0v) is 13.3. The molecule has 0 saturated carbocycles. The molecule has 0 radical (unpaired) electrons. The molecule has 2 heterocycles. The van der Waals surface area contributed by atoms with Crippen LogP contribution in [0.4, 0.5) is 4.79 Å². The van der Waals surface area contributed by atoms with Gasteiger partial charge in [0.25, 0.3) is 0 Å². The lowest BCUT2D eigenvalue weighted by Crippen LogP contribution is -2.40. The fraction of sp³-hybridized carbons (Fsp3) is 0.389. The number of hydrogen-bond acceptors (Lipinski definition) is 3. The highest BCUT2D eigenvalue weighted by Gasteiger charge is 2.27. The van der Waals surface area contributed by atoms with Crippen molar-refractivity contribution in [1.29, 1.82) is 0 Å². The Morgan fingerprint density at radius 1 is 1.23 bits per heavy atom. The number of amides is 1. The third-order valence-electron chi connectivity index (χ3n) is 3.71. The van der Waals surface area contributed by atoms with Crippen molar-refractivity contribution in [2.75, 3.05) is 6.54 Å². The first-order chi connectivity index (χ1) is 10.4. The zero-order valence-electron chi connectivity index (χ0n) is 13.3. The lowest BCUT2D eigenvalue weighted by Gasteiger charge is -2.32. The minimum absolute atomic E-state index is 0.257. The van der Waals surface area contributed by atoms with Crippen molar-refractivity contribution in [1.82, 2.24) is 4.90 Å². The van der Waals surface area contributed by atoms with E-state index in [2.05, 4.69) is 6.07 Å². The molecular formula is C18H21NO3. The fourth-order valence-electron chi connectivity index (χ4n) is 2.73. The third kappa shape index (κ3) is 3.01. The second-order valence-corrected chi connectivity index (χ2v) is 6.57. The van der Waals surface area contributed by atoms with Crippen LogP contribution in [0.2, 0.25) is 0 Å². The lowest BCUT2D eigenvalue weighted by atomic mass is 9.94. The van der Waals surface area contributed by atoms with Crippen molar-refractivity contribution >= 4 is 6.09 Å². The highest BCUT2D eigenvalue weighted by atomic mass is 16.6. The van der Waals surface area contributed by atoms with Gasteiger partial charge in [-0.05, 0) is 50.5 Å². The second-order valence-electron chi connectivity index (χ2n) is 6.57. The van der Waals surface area contributed by atoms with Crippen molar-refractivity contribution in [3.05, 3.63) is 47.7 Å². The zero-order chi connectivity index (χ0) is 15.7. The van der Waals surface area contributed by atoms with Crippen molar-refractivity contribution in [3.63, 3.8) is 0 Å². The van der Waals surface area contributed by atoms with Crippen molar-refractivity contribution < 1.29 is 13.9 Å². The molecule has 2 aromatic rings. The molecule has 3 rings (SSSR count). The van der Waals surface area contributed by atoms with E-state index < -0.39 is 5.60 Å². The van der Waals surface area contributed by atoms with E-state index in [4.69, 9.17) is 9.15 Å². The molecule has 0 fully saturated rings. The summed E-state index contributed by atoms with van der Waals surface area (Å²) in [6.45, 7) is 6.90. The standard InChI is InChI=1S/C18H21NO3/c1-18(2,3)22-17(20)19-10-9-13-6-4-7-14(15(13)12-19)16-8-5-11-21-16/h4-8,11H,9-10,12H2,1-3H3. The lowest BCUT2D eigenvalue weighted by molar-refractivity contribution is 0.0224. The van der Waals surface area contributed by atoms with E-state index in [9.17, 15) is 4.79 Å². The summed E-state index contributed by atoms with van der Waals surface area (Å²) in [6, 6.07) is 10.0. The Balaban J connectivity index is 1.87. The van der Waals surface area contributed by atoms with Crippen molar-refractivity contribution in [2.45, 2.75) is 39.3 Å². The molecule has 0 N–H and O–H groups in total. The fourth-order valence-corrected chi connectivity index (χ4v) is 2.73. The van der Waals surface area contributed by atoms with Gasteiger partial charge >= 0.3 is 6.09 Å². The van der Waals surface area contributed by atoms with Gasteiger partial charge in [0, 0.05) is 18.7 Å². The molecular weight excluding hydrogens is 278 g/mol. The Kier molecular flexibility index (Phi) is 3.69. The summed E-state index contributed by atoms with van der Waals surface area (Å²) in [5, 5.41) is 0. The van der Waals surface area contributed by atoms with Gasteiger partial charge < -0.3 is 14.1 Å². The summed E-state index contributed by atoms with van der Waals surface area (Å²) < 4.78 is 11.0. The predicted octanol–water partition coefficient (Wildman–Crippen LogP) is 4.24. The average molecular weight is 299 g/mol. The predicted molar refractivity (Wildman–Crippen MR) is 84.5 cm³/mol. The monoisotopic (exact) mass is 299 g/mol. The summed E-state index contributed by atoms with van der Waals surface area (Å²) in [5.41, 5.74) is 3.00. The van der Waals surface area contributed by atoms with Gasteiger partial charge in [-0.25, -0.2) is 4.79 Å². The number of rotatable bonds is 1. The van der Waals surface area contributed by atoms with Crippen LogP contribution in [0.1, 0.15) is 31.9 Å². The number of ether oxygens (including phenoxy) is 1. The van der Waals surface area contributed by atoms with Gasteiger partial charge in [0.15, 0.2) is 0 Å². The topological polar surface area (TPSA) is 42.7 Å². The normalized spacial score (nSPS) is 14.6. The molecule has 22 heavy (non-hydrogen) atoms. The van der Waals surface area contributed by atoms with Gasteiger partial charge in [-0.15, -0.1) is 0 Å². The molecule has 0 bridgehead atoms. The highest BCUT2D eigenvalue weighted by Crippen LogP contribution is 2.31. The Labute approximate surface area is 130 Å². The molecule has 0 saturated heterocycles. The van der Waals surface area contributed by atoms with Crippen LogP contribution < -0.4 is 0 Å². The highest BCUT2D eigenvalue weighted by molar-refractivity contribution is 5.71. The van der Waals surface area contributed by atoms with Gasteiger partial charge in [-0.1, -0.05) is 18.2 Å². The van der Waals surface area contributed by atoms with Gasteiger partial charge in [-0.3, -0.25) is 0 Å². The summed E-state index contributed by atoms with van der Waals surface area (Å²) in [5.74, 6) is 0.836. The number of benzene rings is 1. The Morgan fingerprint density at radius 2 is 2.05 bits per heavy atom. The SMILES string of the molecule is CC(C)(C)OC(=O)N1CCc2cccc(-c3ccco3)c2C1. The molecule has 0 aliphatic carbocycles. The smallest absolute Gasteiger partial charge is 0.410 e. The first-order valence-electron chi connectivity index (χ1n) is 7.56. The largest absolute Gasteiger partial charge is 0.464 e. The average Bonchev–Trinajstić information content (AvgIpc) is 2.98. The number of fused-ring (bicyclic) bond motifs is 1. The van der Waals surface area contributed by atoms with Crippen LogP contribution in [0.25, 0.3) is 11.3 Å². The molecule has 0 spiro atoms. The van der Waals surface area contributed by atoms with Crippen LogP contribution in [-0.2, 0) is 17.7 Å². The van der Waals surface area contributed by atoms with E-state index in [-0.39, 0.29) is 6.09 Å². The van der Waals surface area contributed by atoms with E-state index in [0.29, 0.717) is 13.1 Å². The van der Waals surface area contributed by atoms with Crippen LogP contribution in [0.15, 0.2) is 41.0 Å². The van der Waals surface area contributed by atoms with E-state index in [1.165, 1.54) is 5.56 Å². The Bertz CT molecular complexity index is 668. The number of carbonyl (C=O) groups is 1. The van der Waals surface area contributed by atoms with E-state index in [1.807, 2.05) is 45.0 Å². The number of hydrogen-bond donors (Lipinski definition) is 0. The molecule has 0 atom stereocenters. The second kappa shape index (κ2) is 5.52. The molecule has 116 valence electrons. The minimum Gasteiger partial charge on any atom is -0.464 e. The Hall–Kier alpha value is -2.23. The summed E-state index contributed by atoms with van der Waals surface area (Å²) in [7, 11) is 0. The molecule has 1 aliphatic rings. The number of furan rings is 1. The van der Waals surface area contributed by atoms with Crippen molar-refractivity contribution in [3.8, 4) is 11.3 Å². The first kappa shape index (κ1) is 14.7. The summed E-state index contributed by atoms with van der Waals surface area (Å²) in [6.07, 6.45) is 2.25. The van der Waals surface area contributed by atoms with Gasteiger partial charge in [0.1, 0.15) is 11.4 Å². The van der Waals surface area contributed by atoms with E-state index in [0.717, 1.165) is 23.3 Å². The summed E-state index contributed by atoms with van der Waals surface area (Å²) >= 11 is 0. The Morgan fingerprint density at radius 3 is 2.73 bits per heavy atom. The van der Waals surface area contributed by atoms with Crippen molar-refractivity contribution in [2.24, 2.45) is 0 Å². The van der Waals surface area contributed by atoms with E-state index in [1.54, 1.807) is 11.2 Å². The molecule has 1 amide bonds. The van der Waals surface area contributed by atoms with Gasteiger partial charge in [-0.2, -0.15) is 0 Å². The number of carbonyl (C=O) groups excluding carboxylic acids is 1. The quantitative estimate of drug-likeness (QED) is 0.791.